The van der Waals surface area contributed by atoms with Gasteiger partial charge in [0.05, 0.1) is 11.2 Å². The summed E-state index contributed by atoms with van der Waals surface area (Å²) in [6, 6.07) is 15.1. The molecule has 3 aromatic rings. The van der Waals surface area contributed by atoms with Crippen LogP contribution in [0.3, 0.4) is 0 Å². The van der Waals surface area contributed by atoms with Gasteiger partial charge in [-0.2, -0.15) is 0 Å². The van der Waals surface area contributed by atoms with E-state index in [9.17, 15) is 4.79 Å². The maximum Gasteiger partial charge on any atom is 0.161 e. The van der Waals surface area contributed by atoms with E-state index in [1.165, 1.54) is 0 Å². The van der Waals surface area contributed by atoms with Crippen LogP contribution in [0.25, 0.3) is 16.7 Å². The molecule has 0 atom stereocenters. The first-order chi connectivity index (χ1) is 8.77. The highest BCUT2D eigenvalue weighted by Crippen LogP contribution is 2.19. The van der Waals surface area contributed by atoms with Gasteiger partial charge in [-0.15, -0.1) is 5.10 Å². The molecule has 0 spiro atoms. The quantitative estimate of drug-likeness (QED) is 0.644. The minimum Gasteiger partial charge on any atom is -0.294 e. The van der Waals surface area contributed by atoms with Gasteiger partial charge in [-0.05, 0) is 31.2 Å². The van der Waals surface area contributed by atoms with E-state index in [4.69, 9.17) is 0 Å². The van der Waals surface area contributed by atoms with Crippen LogP contribution in [0.15, 0.2) is 48.5 Å². The lowest BCUT2D eigenvalue weighted by atomic mass is 10.1. The maximum absolute atomic E-state index is 11.6. The Kier molecular flexibility index (Phi) is 2.41. The Bertz CT molecular complexity index is 730. The average Bonchev–Trinajstić information content (AvgIpc) is 2.82. The number of Topliss-reactive ketones (excluding diaryl/α,β-unsaturated/α-hetero) is 1. The van der Waals surface area contributed by atoms with E-state index in [1.807, 2.05) is 42.5 Å². The standard InChI is InChI=1S/C14H11N3O/c1-10(18)11-6-2-4-8-13(11)17-14-9-5-3-7-12(14)15-16-17/h2-9H,1H3. The Balaban J connectivity index is 2.30. The van der Waals surface area contributed by atoms with Crippen molar-refractivity contribution in [3.63, 3.8) is 0 Å². The summed E-state index contributed by atoms with van der Waals surface area (Å²) < 4.78 is 1.70. The lowest BCUT2D eigenvalue weighted by Crippen LogP contribution is -2.04. The molecule has 4 nitrogen and oxygen atoms in total. The molecule has 0 aliphatic heterocycles. The molecule has 3 rings (SSSR count). The van der Waals surface area contributed by atoms with Crippen molar-refractivity contribution in [2.24, 2.45) is 0 Å². The van der Waals surface area contributed by atoms with Gasteiger partial charge in [0.25, 0.3) is 0 Å². The minimum atomic E-state index is 0.0187. The highest BCUT2D eigenvalue weighted by molar-refractivity contribution is 5.98. The van der Waals surface area contributed by atoms with Gasteiger partial charge >= 0.3 is 0 Å². The molecule has 1 aromatic heterocycles. The Morgan fingerprint density at radius 2 is 1.78 bits per heavy atom. The number of benzene rings is 2. The zero-order valence-corrected chi connectivity index (χ0v) is 9.87. The molecule has 4 heteroatoms. The maximum atomic E-state index is 11.6. The van der Waals surface area contributed by atoms with E-state index >= 15 is 0 Å². The fourth-order valence-corrected chi connectivity index (χ4v) is 2.00. The number of para-hydroxylation sites is 2. The van der Waals surface area contributed by atoms with E-state index in [1.54, 1.807) is 17.7 Å². The first-order valence-electron chi connectivity index (χ1n) is 5.68. The van der Waals surface area contributed by atoms with E-state index < -0.39 is 0 Å². The van der Waals surface area contributed by atoms with Gasteiger partial charge in [-0.1, -0.05) is 29.5 Å². The molecule has 0 bridgehead atoms. The number of fused-ring (bicyclic) bond motifs is 1. The van der Waals surface area contributed by atoms with Gasteiger partial charge in [0.1, 0.15) is 5.52 Å². The summed E-state index contributed by atoms with van der Waals surface area (Å²) in [5.74, 6) is 0.0187. The van der Waals surface area contributed by atoms with Crippen molar-refractivity contribution >= 4 is 16.8 Å². The number of aromatic nitrogens is 3. The first kappa shape index (κ1) is 10.7. The van der Waals surface area contributed by atoms with Gasteiger partial charge in [0.15, 0.2) is 5.78 Å². The Hall–Kier alpha value is -2.49. The van der Waals surface area contributed by atoms with Crippen LogP contribution in [0.4, 0.5) is 0 Å². The van der Waals surface area contributed by atoms with Crippen molar-refractivity contribution in [2.45, 2.75) is 6.92 Å². The van der Waals surface area contributed by atoms with E-state index in [0.717, 1.165) is 16.7 Å². The van der Waals surface area contributed by atoms with Crippen LogP contribution < -0.4 is 0 Å². The molecule has 0 amide bonds. The summed E-state index contributed by atoms with van der Waals surface area (Å²) in [6.07, 6.45) is 0. The predicted molar refractivity (Wildman–Crippen MR) is 68.9 cm³/mol. The molecule has 2 aromatic carbocycles. The summed E-state index contributed by atoms with van der Waals surface area (Å²) in [7, 11) is 0. The normalized spacial score (nSPS) is 10.7. The van der Waals surface area contributed by atoms with Crippen LogP contribution in [0, 0.1) is 0 Å². The highest BCUT2D eigenvalue weighted by atomic mass is 16.1. The molecule has 0 fully saturated rings. The minimum absolute atomic E-state index is 0.0187. The van der Waals surface area contributed by atoms with Crippen molar-refractivity contribution in [3.05, 3.63) is 54.1 Å². The molecular weight excluding hydrogens is 226 g/mol. The van der Waals surface area contributed by atoms with Crippen LogP contribution in [0.1, 0.15) is 17.3 Å². The molecule has 0 unspecified atom stereocenters. The van der Waals surface area contributed by atoms with Crippen molar-refractivity contribution in [1.29, 1.82) is 0 Å². The topological polar surface area (TPSA) is 47.8 Å². The number of rotatable bonds is 2. The lowest BCUT2D eigenvalue weighted by molar-refractivity contribution is 0.101. The highest BCUT2D eigenvalue weighted by Gasteiger charge is 2.11. The molecule has 88 valence electrons. The number of hydrogen-bond acceptors (Lipinski definition) is 3. The third kappa shape index (κ3) is 1.59. The first-order valence-corrected chi connectivity index (χ1v) is 5.68. The fraction of sp³-hybridized carbons (Fsp3) is 0.0714. The van der Waals surface area contributed by atoms with Crippen molar-refractivity contribution < 1.29 is 4.79 Å². The number of nitrogens with zero attached hydrogens (tertiary/aromatic N) is 3. The Labute approximate surface area is 104 Å². The molecule has 0 saturated carbocycles. The predicted octanol–water partition coefficient (Wildman–Crippen LogP) is 2.62. The van der Waals surface area contributed by atoms with Gasteiger partial charge in [0.2, 0.25) is 0 Å². The summed E-state index contributed by atoms with van der Waals surface area (Å²) in [6.45, 7) is 1.55. The van der Waals surface area contributed by atoms with Gasteiger partial charge in [-0.25, -0.2) is 4.68 Å². The molecule has 0 saturated heterocycles. The zero-order chi connectivity index (χ0) is 12.5. The zero-order valence-electron chi connectivity index (χ0n) is 9.87. The largest absolute Gasteiger partial charge is 0.294 e. The van der Waals surface area contributed by atoms with E-state index in [-0.39, 0.29) is 5.78 Å². The summed E-state index contributed by atoms with van der Waals surface area (Å²) >= 11 is 0. The monoisotopic (exact) mass is 237 g/mol. The number of hydrogen-bond donors (Lipinski definition) is 0. The van der Waals surface area contributed by atoms with Crippen LogP contribution in [-0.4, -0.2) is 20.8 Å². The van der Waals surface area contributed by atoms with Crippen LogP contribution in [-0.2, 0) is 0 Å². The Morgan fingerprint density at radius 3 is 2.61 bits per heavy atom. The number of ketones is 1. The summed E-state index contributed by atoms with van der Waals surface area (Å²) in [4.78, 5) is 11.6. The second kappa shape index (κ2) is 4.07. The van der Waals surface area contributed by atoms with Crippen LogP contribution >= 0.6 is 0 Å². The van der Waals surface area contributed by atoms with Crippen molar-refractivity contribution in [1.82, 2.24) is 15.0 Å². The molecule has 1 heterocycles. The molecule has 0 radical (unpaired) electrons. The third-order valence-electron chi connectivity index (χ3n) is 2.86. The van der Waals surface area contributed by atoms with Crippen molar-refractivity contribution in [3.8, 4) is 5.69 Å². The van der Waals surface area contributed by atoms with Gasteiger partial charge in [-0.3, -0.25) is 4.79 Å². The molecule has 18 heavy (non-hydrogen) atoms. The second-order valence-electron chi connectivity index (χ2n) is 4.06. The molecule has 0 aliphatic carbocycles. The fourth-order valence-electron chi connectivity index (χ4n) is 2.00. The van der Waals surface area contributed by atoms with Crippen LogP contribution in [0.2, 0.25) is 0 Å². The van der Waals surface area contributed by atoms with Crippen LogP contribution in [0.5, 0.6) is 0 Å². The smallest absolute Gasteiger partial charge is 0.161 e. The lowest BCUT2D eigenvalue weighted by Gasteiger charge is -2.06. The number of carbonyl (C=O) groups excluding carboxylic acids is 1. The van der Waals surface area contributed by atoms with E-state index in [0.29, 0.717) is 5.56 Å². The van der Waals surface area contributed by atoms with Gasteiger partial charge < -0.3 is 0 Å². The van der Waals surface area contributed by atoms with Crippen molar-refractivity contribution in [2.75, 3.05) is 0 Å². The number of carbonyl (C=O) groups is 1. The molecule has 0 aliphatic rings. The third-order valence-corrected chi connectivity index (χ3v) is 2.86. The Morgan fingerprint density at radius 1 is 1.06 bits per heavy atom. The molecular formula is C14H11N3O. The van der Waals surface area contributed by atoms with Gasteiger partial charge in [0, 0.05) is 5.56 Å². The SMILES string of the molecule is CC(=O)c1ccccc1-n1nnc2ccccc21. The molecule has 0 N–H and O–H groups in total. The second-order valence-corrected chi connectivity index (χ2v) is 4.06. The summed E-state index contributed by atoms with van der Waals surface area (Å²) in [5, 5.41) is 8.22. The summed E-state index contributed by atoms with van der Waals surface area (Å²) in [5.41, 5.74) is 3.12. The van der Waals surface area contributed by atoms with E-state index in [2.05, 4.69) is 10.3 Å². The average molecular weight is 237 g/mol.